The fourth-order valence-electron chi connectivity index (χ4n) is 1.22. The Morgan fingerprint density at radius 1 is 1.47 bits per heavy atom. The zero-order valence-corrected chi connectivity index (χ0v) is 8.40. The number of aromatic nitrogens is 4. The summed E-state index contributed by atoms with van der Waals surface area (Å²) in [5.74, 6) is -1.58. The Bertz CT molecular complexity index is 478. The molecule has 0 aliphatic rings. The van der Waals surface area contributed by atoms with Crippen molar-refractivity contribution in [3.05, 3.63) is 29.9 Å². The molecule has 6 nitrogen and oxygen atoms in total. The average molecular weight is 247 g/mol. The summed E-state index contributed by atoms with van der Waals surface area (Å²) in [7, 11) is 0. The van der Waals surface area contributed by atoms with Crippen molar-refractivity contribution in [2.75, 3.05) is 0 Å². The molecule has 0 saturated carbocycles. The first-order valence-corrected chi connectivity index (χ1v) is 4.60. The van der Waals surface area contributed by atoms with Crippen LogP contribution in [0.4, 0.5) is 13.2 Å². The average Bonchev–Trinajstić information content (AvgIpc) is 2.85. The summed E-state index contributed by atoms with van der Waals surface area (Å²) < 4.78 is 41.1. The van der Waals surface area contributed by atoms with Gasteiger partial charge in [-0.3, -0.25) is 0 Å². The smallest absolute Gasteiger partial charge is 0.348 e. The molecule has 0 bridgehead atoms. The molecule has 2 aromatic heterocycles. The molecule has 0 aliphatic heterocycles. The van der Waals surface area contributed by atoms with E-state index in [4.69, 9.17) is 5.73 Å². The summed E-state index contributed by atoms with van der Waals surface area (Å²) in [6.07, 6.45) is -1.44. The van der Waals surface area contributed by atoms with E-state index in [0.29, 0.717) is 5.69 Å². The second-order valence-electron chi connectivity index (χ2n) is 3.34. The largest absolute Gasteiger partial charge is 0.455 e. The zero-order valence-electron chi connectivity index (χ0n) is 8.40. The van der Waals surface area contributed by atoms with Gasteiger partial charge in [-0.15, -0.1) is 0 Å². The molecule has 0 saturated heterocycles. The maximum atomic E-state index is 12.2. The van der Waals surface area contributed by atoms with Crippen LogP contribution < -0.4 is 5.73 Å². The van der Waals surface area contributed by atoms with Crippen molar-refractivity contribution < 1.29 is 17.7 Å². The van der Waals surface area contributed by atoms with Gasteiger partial charge in [0, 0.05) is 18.3 Å². The molecule has 0 radical (unpaired) electrons. The first-order valence-electron chi connectivity index (χ1n) is 4.60. The molecule has 0 aromatic carbocycles. The van der Waals surface area contributed by atoms with Crippen LogP contribution in [0.2, 0.25) is 0 Å². The van der Waals surface area contributed by atoms with Gasteiger partial charge in [-0.25, -0.2) is 4.98 Å². The molecule has 2 rings (SSSR count). The van der Waals surface area contributed by atoms with Gasteiger partial charge in [0.1, 0.15) is 0 Å². The van der Waals surface area contributed by atoms with Gasteiger partial charge < -0.3 is 15.2 Å². The van der Waals surface area contributed by atoms with E-state index in [2.05, 4.69) is 24.6 Å². The van der Waals surface area contributed by atoms with E-state index in [9.17, 15) is 13.2 Å². The quantitative estimate of drug-likeness (QED) is 0.845. The Balaban J connectivity index is 2.10. The van der Waals surface area contributed by atoms with Crippen LogP contribution in [-0.4, -0.2) is 20.1 Å². The first kappa shape index (κ1) is 11.6. The van der Waals surface area contributed by atoms with Crippen molar-refractivity contribution >= 4 is 0 Å². The van der Waals surface area contributed by atoms with E-state index in [1.54, 1.807) is 0 Å². The molecule has 3 N–H and O–H groups in total. The van der Waals surface area contributed by atoms with Crippen molar-refractivity contribution in [1.29, 1.82) is 0 Å². The number of hydrogen-bond donors (Lipinski definition) is 2. The lowest BCUT2D eigenvalue weighted by Gasteiger charge is -2.03. The third kappa shape index (κ3) is 2.61. The molecule has 0 aliphatic carbocycles. The van der Waals surface area contributed by atoms with E-state index in [1.165, 1.54) is 12.5 Å². The second-order valence-corrected chi connectivity index (χ2v) is 3.34. The third-order valence-corrected chi connectivity index (χ3v) is 2.01. The highest BCUT2D eigenvalue weighted by Crippen LogP contribution is 2.27. The zero-order chi connectivity index (χ0) is 12.5. The monoisotopic (exact) mass is 247 g/mol. The molecule has 92 valence electrons. The lowest BCUT2D eigenvalue weighted by atomic mass is 10.2. The summed E-state index contributed by atoms with van der Waals surface area (Å²) in [6, 6.07) is -0.806. The van der Waals surface area contributed by atoms with E-state index < -0.39 is 18.0 Å². The molecular weight excluding hydrogens is 239 g/mol. The van der Waals surface area contributed by atoms with E-state index >= 15 is 0 Å². The number of nitrogens with zero attached hydrogens (tertiary/aromatic N) is 3. The molecule has 0 spiro atoms. The SMILES string of the molecule is NC(Cc1cnc[nH]1)c1nc(C(F)(F)F)no1. The topological polar surface area (TPSA) is 93.6 Å². The highest BCUT2D eigenvalue weighted by molar-refractivity contribution is 5.02. The number of nitrogens with one attached hydrogen (secondary N) is 1. The normalized spacial score (nSPS) is 13.9. The number of halogens is 3. The molecule has 2 heterocycles. The second kappa shape index (κ2) is 4.17. The van der Waals surface area contributed by atoms with Crippen molar-refractivity contribution in [1.82, 2.24) is 20.1 Å². The lowest BCUT2D eigenvalue weighted by Crippen LogP contribution is -2.15. The molecule has 9 heteroatoms. The van der Waals surface area contributed by atoms with Crippen LogP contribution in [0, 0.1) is 0 Å². The molecule has 0 fully saturated rings. The van der Waals surface area contributed by atoms with Crippen LogP contribution >= 0.6 is 0 Å². The van der Waals surface area contributed by atoms with Crippen LogP contribution in [0.3, 0.4) is 0 Å². The van der Waals surface area contributed by atoms with Gasteiger partial charge in [0.05, 0.1) is 12.4 Å². The minimum absolute atomic E-state index is 0.236. The number of rotatable bonds is 3. The van der Waals surface area contributed by atoms with Gasteiger partial charge in [0.25, 0.3) is 5.82 Å². The Kier molecular flexibility index (Phi) is 2.84. The Hall–Kier alpha value is -1.90. The van der Waals surface area contributed by atoms with Gasteiger partial charge in [-0.1, -0.05) is 5.16 Å². The predicted octanol–water partition coefficient (Wildman–Crippen LogP) is 1.05. The maximum absolute atomic E-state index is 12.2. The highest BCUT2D eigenvalue weighted by Gasteiger charge is 2.37. The highest BCUT2D eigenvalue weighted by atomic mass is 19.4. The Morgan fingerprint density at radius 2 is 2.24 bits per heavy atom. The van der Waals surface area contributed by atoms with Crippen LogP contribution in [0.1, 0.15) is 23.5 Å². The summed E-state index contributed by atoms with van der Waals surface area (Å²) >= 11 is 0. The van der Waals surface area contributed by atoms with Crippen molar-refractivity contribution in [3.63, 3.8) is 0 Å². The summed E-state index contributed by atoms with van der Waals surface area (Å²) in [5.41, 5.74) is 6.30. The number of aromatic amines is 1. The minimum Gasteiger partial charge on any atom is -0.348 e. The summed E-state index contributed by atoms with van der Waals surface area (Å²) in [4.78, 5) is 9.73. The standard InChI is InChI=1S/C8H8F3N5O/c9-8(10,11)7-15-6(17-16-7)5(12)1-4-2-13-3-14-4/h2-3,5H,1,12H2,(H,13,14). The number of alkyl halides is 3. The van der Waals surface area contributed by atoms with Crippen molar-refractivity contribution in [2.24, 2.45) is 5.73 Å². The summed E-state index contributed by atoms with van der Waals surface area (Å²) in [5, 5.41) is 2.82. The molecule has 17 heavy (non-hydrogen) atoms. The lowest BCUT2D eigenvalue weighted by molar-refractivity contribution is -0.146. The summed E-state index contributed by atoms with van der Waals surface area (Å²) in [6.45, 7) is 0. The van der Waals surface area contributed by atoms with Crippen molar-refractivity contribution in [2.45, 2.75) is 18.6 Å². The molecule has 1 unspecified atom stereocenters. The Labute approximate surface area is 93.0 Å². The van der Waals surface area contributed by atoms with Gasteiger partial charge in [-0.05, 0) is 0 Å². The number of hydrogen-bond acceptors (Lipinski definition) is 5. The van der Waals surface area contributed by atoms with Crippen LogP contribution in [-0.2, 0) is 12.6 Å². The van der Waals surface area contributed by atoms with E-state index in [0.717, 1.165) is 0 Å². The number of H-pyrrole nitrogens is 1. The fourth-order valence-corrected chi connectivity index (χ4v) is 1.22. The molecule has 1 atom stereocenters. The number of nitrogens with two attached hydrogens (primary N) is 1. The minimum atomic E-state index is -4.63. The molecule has 0 amide bonds. The van der Waals surface area contributed by atoms with Crippen LogP contribution in [0.15, 0.2) is 17.0 Å². The van der Waals surface area contributed by atoms with E-state index in [-0.39, 0.29) is 12.3 Å². The Morgan fingerprint density at radius 3 is 2.76 bits per heavy atom. The van der Waals surface area contributed by atoms with E-state index in [1.807, 2.05) is 0 Å². The van der Waals surface area contributed by atoms with Gasteiger partial charge >= 0.3 is 6.18 Å². The number of imidazole rings is 1. The van der Waals surface area contributed by atoms with Crippen LogP contribution in [0.25, 0.3) is 0 Å². The fraction of sp³-hybridized carbons (Fsp3) is 0.375. The van der Waals surface area contributed by atoms with Crippen LogP contribution in [0.5, 0.6) is 0 Å². The van der Waals surface area contributed by atoms with Crippen molar-refractivity contribution in [3.8, 4) is 0 Å². The van der Waals surface area contributed by atoms with Gasteiger partial charge in [-0.2, -0.15) is 18.2 Å². The third-order valence-electron chi connectivity index (χ3n) is 2.01. The molecule has 2 aromatic rings. The first-order chi connectivity index (χ1) is 7.97. The van der Waals surface area contributed by atoms with Gasteiger partial charge in [0.15, 0.2) is 0 Å². The predicted molar refractivity (Wildman–Crippen MR) is 48.5 cm³/mol. The maximum Gasteiger partial charge on any atom is 0.455 e. The van der Waals surface area contributed by atoms with Gasteiger partial charge in [0.2, 0.25) is 5.89 Å². The molecular formula is C8H8F3N5O.